The van der Waals surface area contributed by atoms with Crippen molar-refractivity contribution in [1.29, 1.82) is 0 Å². The average molecular weight is 405 g/mol. The lowest BCUT2D eigenvalue weighted by molar-refractivity contribution is -0.123. The van der Waals surface area contributed by atoms with Crippen LogP contribution in [0.5, 0.6) is 11.5 Å². The summed E-state index contributed by atoms with van der Waals surface area (Å²) < 4.78 is 5.53. The van der Waals surface area contributed by atoms with Crippen LogP contribution < -0.4 is 15.7 Å². The van der Waals surface area contributed by atoms with E-state index in [0.29, 0.717) is 28.6 Å². The highest BCUT2D eigenvalue weighted by Crippen LogP contribution is 2.28. The number of phenols is 1. The molecule has 30 heavy (non-hydrogen) atoms. The van der Waals surface area contributed by atoms with E-state index in [0.717, 1.165) is 17.7 Å². The van der Waals surface area contributed by atoms with Gasteiger partial charge in [-0.2, -0.15) is 4.98 Å². The minimum Gasteiger partial charge on any atom is -0.508 e. The Bertz CT molecular complexity index is 1120. The molecule has 0 unspecified atom stereocenters. The summed E-state index contributed by atoms with van der Waals surface area (Å²) in [5.74, 6) is 1.27. The van der Waals surface area contributed by atoms with Crippen LogP contribution >= 0.6 is 0 Å². The van der Waals surface area contributed by atoms with Crippen molar-refractivity contribution in [2.45, 2.75) is 19.8 Å². The number of carbonyl (C=O) groups is 1. The van der Waals surface area contributed by atoms with Gasteiger partial charge in [0.2, 0.25) is 0 Å². The summed E-state index contributed by atoms with van der Waals surface area (Å²) in [6, 6.07) is 14.0. The van der Waals surface area contributed by atoms with Gasteiger partial charge in [0.15, 0.2) is 6.61 Å². The first-order chi connectivity index (χ1) is 14.5. The molecular weight excluding hydrogens is 382 g/mol. The maximum atomic E-state index is 12.1. The fraction of sp³-hybridized carbons (Fsp3) is 0.261. The van der Waals surface area contributed by atoms with Crippen molar-refractivity contribution in [3.05, 3.63) is 64.6 Å². The number of aromatic amines is 1. The number of aryl methyl sites for hydroxylation is 1. The maximum Gasteiger partial charge on any atom is 0.345 e. The topological polar surface area (TPSA) is 104 Å². The first kappa shape index (κ1) is 19.7. The van der Waals surface area contributed by atoms with E-state index in [1.54, 1.807) is 43.3 Å². The Morgan fingerprint density at radius 2 is 1.90 bits per heavy atom. The predicted molar refractivity (Wildman–Crippen MR) is 113 cm³/mol. The highest BCUT2D eigenvalue weighted by atomic mass is 16.5. The number of phenolic OH excluding ortho intramolecular Hbond substituents is 1. The van der Waals surface area contributed by atoms with Crippen LogP contribution in [-0.4, -0.2) is 34.1 Å². The molecule has 3 aromatic rings. The van der Waals surface area contributed by atoms with Gasteiger partial charge in [-0.15, -0.1) is 0 Å². The first-order valence-corrected chi connectivity index (χ1v) is 9.89. The molecule has 0 aliphatic heterocycles. The lowest BCUT2D eigenvalue weighted by Gasteiger charge is -2.09. The lowest BCUT2D eigenvalue weighted by Crippen LogP contribution is -2.30. The van der Waals surface area contributed by atoms with E-state index < -0.39 is 5.69 Å². The summed E-state index contributed by atoms with van der Waals surface area (Å²) in [4.78, 5) is 30.7. The smallest absolute Gasteiger partial charge is 0.345 e. The molecule has 0 radical (unpaired) electrons. The average Bonchev–Trinajstić information content (AvgIpc) is 3.57. The molecule has 4 rings (SSSR count). The Morgan fingerprint density at radius 3 is 2.60 bits per heavy atom. The van der Waals surface area contributed by atoms with E-state index in [1.165, 1.54) is 12.8 Å². The standard InChI is InChI=1S/C23H23N3O4/c1-14-10-17(6-9-21(14)27)20-11-19(25-23(29)26-20)16-4-7-18(8-5-16)30-13-22(28)24-12-15-2-3-15/h4-11,15,27H,2-3,12-13H2,1H3,(H,24,28)(H,25,26,29). The maximum absolute atomic E-state index is 12.1. The molecule has 1 aliphatic carbocycles. The molecular formula is C23H23N3O4. The number of carbonyl (C=O) groups excluding carboxylic acids is 1. The number of aromatic nitrogens is 2. The quantitative estimate of drug-likeness (QED) is 0.561. The van der Waals surface area contributed by atoms with E-state index in [-0.39, 0.29) is 18.3 Å². The molecule has 3 N–H and O–H groups in total. The van der Waals surface area contributed by atoms with E-state index in [1.807, 2.05) is 12.1 Å². The molecule has 1 saturated carbocycles. The fourth-order valence-electron chi connectivity index (χ4n) is 3.09. The Kier molecular flexibility index (Phi) is 5.52. The van der Waals surface area contributed by atoms with Gasteiger partial charge in [0.25, 0.3) is 5.91 Å². The minimum absolute atomic E-state index is 0.0253. The Labute approximate surface area is 173 Å². The fourth-order valence-corrected chi connectivity index (χ4v) is 3.09. The number of benzene rings is 2. The number of amides is 1. The summed E-state index contributed by atoms with van der Waals surface area (Å²) in [7, 11) is 0. The molecule has 0 saturated heterocycles. The third kappa shape index (κ3) is 4.86. The van der Waals surface area contributed by atoms with Crippen LogP contribution in [0, 0.1) is 12.8 Å². The number of H-pyrrole nitrogens is 1. The van der Waals surface area contributed by atoms with Gasteiger partial charge in [-0.1, -0.05) is 0 Å². The normalized spacial score (nSPS) is 13.1. The molecule has 1 amide bonds. The van der Waals surface area contributed by atoms with Crippen molar-refractivity contribution >= 4 is 5.91 Å². The largest absolute Gasteiger partial charge is 0.508 e. The molecule has 7 heteroatoms. The Hall–Kier alpha value is -3.61. The monoisotopic (exact) mass is 405 g/mol. The van der Waals surface area contributed by atoms with Crippen molar-refractivity contribution < 1.29 is 14.6 Å². The molecule has 1 fully saturated rings. The zero-order valence-electron chi connectivity index (χ0n) is 16.6. The number of nitrogens with zero attached hydrogens (tertiary/aromatic N) is 1. The van der Waals surface area contributed by atoms with Gasteiger partial charge in [0.1, 0.15) is 11.5 Å². The van der Waals surface area contributed by atoms with Crippen LogP contribution in [0.3, 0.4) is 0 Å². The predicted octanol–water partition coefficient (Wildman–Crippen LogP) is 3.02. The van der Waals surface area contributed by atoms with E-state index in [9.17, 15) is 14.7 Å². The minimum atomic E-state index is -0.458. The number of aromatic hydroxyl groups is 1. The van der Waals surface area contributed by atoms with Gasteiger partial charge >= 0.3 is 5.69 Å². The van der Waals surface area contributed by atoms with Gasteiger partial charge < -0.3 is 20.1 Å². The number of nitrogens with one attached hydrogen (secondary N) is 2. The molecule has 7 nitrogen and oxygen atoms in total. The molecule has 1 aliphatic rings. The highest BCUT2D eigenvalue weighted by molar-refractivity contribution is 5.77. The summed E-state index contributed by atoms with van der Waals surface area (Å²) in [6.45, 7) is 2.49. The van der Waals surface area contributed by atoms with Crippen LogP contribution in [0.15, 0.2) is 53.3 Å². The van der Waals surface area contributed by atoms with Crippen LogP contribution in [0.4, 0.5) is 0 Å². The zero-order valence-corrected chi connectivity index (χ0v) is 16.6. The second-order valence-corrected chi connectivity index (χ2v) is 7.55. The number of ether oxygens (including phenoxy) is 1. The van der Waals surface area contributed by atoms with Crippen molar-refractivity contribution in [2.24, 2.45) is 5.92 Å². The lowest BCUT2D eigenvalue weighted by atomic mass is 10.1. The molecule has 154 valence electrons. The highest BCUT2D eigenvalue weighted by Gasteiger charge is 2.21. The number of hydrogen-bond donors (Lipinski definition) is 3. The molecule has 1 heterocycles. The second kappa shape index (κ2) is 8.41. The first-order valence-electron chi connectivity index (χ1n) is 9.89. The molecule has 2 aromatic carbocycles. The SMILES string of the molecule is Cc1cc(-c2cc(-c3ccc(OCC(=O)NCC4CC4)cc3)[nH]c(=O)n2)ccc1O. The van der Waals surface area contributed by atoms with Crippen LogP contribution in [0.1, 0.15) is 18.4 Å². The Morgan fingerprint density at radius 1 is 1.17 bits per heavy atom. The third-order valence-electron chi connectivity index (χ3n) is 5.06. The van der Waals surface area contributed by atoms with Gasteiger partial charge in [-0.25, -0.2) is 4.79 Å². The van der Waals surface area contributed by atoms with Gasteiger partial charge in [0.05, 0.1) is 11.4 Å². The van der Waals surface area contributed by atoms with E-state index in [2.05, 4.69) is 15.3 Å². The van der Waals surface area contributed by atoms with Gasteiger partial charge in [-0.3, -0.25) is 4.79 Å². The van der Waals surface area contributed by atoms with Crippen LogP contribution in [0.25, 0.3) is 22.5 Å². The molecule has 0 bridgehead atoms. The second-order valence-electron chi connectivity index (χ2n) is 7.55. The summed E-state index contributed by atoms with van der Waals surface area (Å²) in [5.41, 5.74) is 2.92. The number of hydrogen-bond acceptors (Lipinski definition) is 5. The summed E-state index contributed by atoms with van der Waals surface area (Å²) >= 11 is 0. The Balaban J connectivity index is 1.46. The van der Waals surface area contributed by atoms with Crippen LogP contribution in [0.2, 0.25) is 0 Å². The summed E-state index contributed by atoms with van der Waals surface area (Å²) in [6.07, 6.45) is 2.38. The van der Waals surface area contributed by atoms with Crippen molar-refractivity contribution in [3.8, 4) is 34.0 Å². The van der Waals surface area contributed by atoms with Crippen molar-refractivity contribution in [2.75, 3.05) is 13.2 Å². The number of rotatable bonds is 7. The molecule has 1 aromatic heterocycles. The van der Waals surface area contributed by atoms with E-state index in [4.69, 9.17) is 4.74 Å². The molecule has 0 spiro atoms. The molecule has 0 atom stereocenters. The van der Waals surface area contributed by atoms with E-state index >= 15 is 0 Å². The summed E-state index contributed by atoms with van der Waals surface area (Å²) in [5, 5.41) is 12.6. The van der Waals surface area contributed by atoms with Crippen molar-refractivity contribution in [3.63, 3.8) is 0 Å². The zero-order chi connectivity index (χ0) is 21.1. The van der Waals surface area contributed by atoms with Gasteiger partial charge in [-0.05, 0) is 85.3 Å². The van der Waals surface area contributed by atoms with Crippen molar-refractivity contribution in [1.82, 2.24) is 15.3 Å². The van der Waals surface area contributed by atoms with Crippen LogP contribution in [-0.2, 0) is 4.79 Å². The third-order valence-corrected chi connectivity index (χ3v) is 5.06. The van der Waals surface area contributed by atoms with Gasteiger partial charge in [0, 0.05) is 12.1 Å².